The number of aromatic nitrogens is 7. The lowest BCUT2D eigenvalue weighted by Crippen LogP contribution is -2.46. The number of hydrogen-bond donors (Lipinski definition) is 1. The summed E-state index contributed by atoms with van der Waals surface area (Å²) in [4.78, 5) is 46.8. The number of aromatic amines is 1. The Labute approximate surface area is 284 Å². The molecule has 4 aromatic heterocycles. The number of fused-ring (bicyclic) bond motifs is 1. The highest BCUT2D eigenvalue weighted by Crippen LogP contribution is 2.35. The van der Waals surface area contributed by atoms with Gasteiger partial charge in [0, 0.05) is 56.6 Å². The fourth-order valence-corrected chi connectivity index (χ4v) is 6.74. The van der Waals surface area contributed by atoms with Crippen LogP contribution in [0.15, 0.2) is 67.1 Å². The number of hydrogen-bond acceptors (Lipinski definition) is 9. The van der Waals surface area contributed by atoms with Crippen LogP contribution in [-0.2, 0) is 16.6 Å². The molecule has 0 saturated carbocycles. The quantitative estimate of drug-likeness (QED) is 0.247. The van der Waals surface area contributed by atoms with E-state index in [-0.39, 0.29) is 11.8 Å². The van der Waals surface area contributed by atoms with Gasteiger partial charge in [0.15, 0.2) is 5.82 Å². The average molecular weight is 661 g/mol. The van der Waals surface area contributed by atoms with Crippen molar-refractivity contribution in [2.45, 2.75) is 26.7 Å². The van der Waals surface area contributed by atoms with Gasteiger partial charge in [-0.05, 0) is 62.6 Å². The van der Waals surface area contributed by atoms with E-state index in [1.807, 2.05) is 56.1 Å². The first-order chi connectivity index (χ1) is 23.7. The highest BCUT2D eigenvalue weighted by molar-refractivity contribution is 5.99. The number of anilines is 1. The summed E-state index contributed by atoms with van der Waals surface area (Å²) in [5.41, 5.74) is 5.60. The summed E-state index contributed by atoms with van der Waals surface area (Å²) in [5.74, 6) is 1.88. The zero-order valence-electron chi connectivity index (χ0n) is 28.3. The number of rotatable bonds is 9. The molecule has 1 fully saturated rings. The maximum absolute atomic E-state index is 14.1. The zero-order chi connectivity index (χ0) is 34.1. The van der Waals surface area contributed by atoms with Crippen molar-refractivity contribution in [3.8, 4) is 28.5 Å². The summed E-state index contributed by atoms with van der Waals surface area (Å²) in [6, 6.07) is 15.7. The monoisotopic (exact) mass is 660 g/mol. The van der Waals surface area contributed by atoms with Crippen LogP contribution in [0.2, 0.25) is 0 Å². The van der Waals surface area contributed by atoms with Crippen LogP contribution in [0.3, 0.4) is 0 Å². The first-order valence-corrected chi connectivity index (χ1v) is 16.6. The molecule has 0 bridgehead atoms. The Morgan fingerprint density at radius 2 is 1.82 bits per heavy atom. The van der Waals surface area contributed by atoms with Gasteiger partial charge in [0.1, 0.15) is 23.4 Å². The lowest BCUT2D eigenvalue weighted by molar-refractivity contribution is -0.132. The molecule has 13 nitrogen and oxygen atoms in total. The number of methoxy groups -OCH3 is 1. The van der Waals surface area contributed by atoms with Crippen molar-refractivity contribution in [1.82, 2.24) is 44.7 Å². The standard InChI is InChI=1S/C36H40N10O3/c1-5-46(29-12-11-28-33(39-29)32(41-40-28)27-10-13-30(49-4)37-20-27)35(48)36(2)16-19-44(22-36)21-31(47)45-17-14-25(15-18-45)24-6-8-26(9-7-24)34-38-23-43(3)42-34/h6-14,20,23H,5,15-19,21-22H2,1-4H3,(H,40,41). The topological polar surface area (TPSA) is 138 Å². The van der Waals surface area contributed by atoms with Gasteiger partial charge < -0.3 is 9.64 Å². The lowest BCUT2D eigenvalue weighted by atomic mass is 9.88. The number of carbonyl (C=O) groups is 2. The molecule has 1 atom stereocenters. The van der Waals surface area contributed by atoms with E-state index in [0.717, 1.165) is 28.6 Å². The number of nitrogens with zero attached hydrogens (tertiary/aromatic N) is 9. The predicted molar refractivity (Wildman–Crippen MR) is 186 cm³/mol. The van der Waals surface area contributed by atoms with E-state index < -0.39 is 5.41 Å². The highest BCUT2D eigenvalue weighted by atomic mass is 16.5. The molecule has 7 rings (SSSR count). The maximum Gasteiger partial charge on any atom is 0.237 e. The second kappa shape index (κ2) is 13.2. The number of likely N-dealkylation sites (tertiary alicyclic amines) is 1. The molecule has 1 N–H and O–H groups in total. The van der Waals surface area contributed by atoms with Crippen molar-refractivity contribution < 1.29 is 14.3 Å². The van der Waals surface area contributed by atoms with Crippen molar-refractivity contribution in [2.75, 3.05) is 51.3 Å². The SMILES string of the molecule is CCN(C(=O)C1(C)CCN(CC(=O)N2CC=C(c3ccc(-c4ncn(C)n4)cc3)CC2)C1)c1ccc2[nH]nc(-c3ccc(OC)nc3)c2n1. The molecule has 2 aliphatic rings. The highest BCUT2D eigenvalue weighted by Gasteiger charge is 2.43. The Morgan fingerprint density at radius 1 is 1.02 bits per heavy atom. The van der Waals surface area contributed by atoms with Gasteiger partial charge in [0.25, 0.3) is 0 Å². The molecule has 1 saturated heterocycles. The first kappa shape index (κ1) is 32.1. The van der Waals surface area contributed by atoms with Gasteiger partial charge in [-0.3, -0.25) is 29.2 Å². The second-order valence-electron chi connectivity index (χ2n) is 12.9. The summed E-state index contributed by atoms with van der Waals surface area (Å²) in [5, 5.41) is 11.9. The number of carbonyl (C=O) groups excluding carboxylic acids is 2. The van der Waals surface area contributed by atoms with Crippen molar-refractivity contribution in [2.24, 2.45) is 12.5 Å². The van der Waals surface area contributed by atoms with Gasteiger partial charge in [-0.25, -0.2) is 15.0 Å². The number of ether oxygens (including phenoxy) is 1. The number of aryl methyl sites for hydroxylation is 1. The normalized spacial score (nSPS) is 18.1. The molecule has 1 unspecified atom stereocenters. The van der Waals surface area contributed by atoms with Gasteiger partial charge in [-0.2, -0.15) is 10.2 Å². The molecule has 13 heteroatoms. The Morgan fingerprint density at radius 3 is 2.49 bits per heavy atom. The van der Waals surface area contributed by atoms with Crippen LogP contribution < -0.4 is 9.64 Å². The molecule has 0 spiro atoms. The van der Waals surface area contributed by atoms with Gasteiger partial charge in [-0.15, -0.1) is 0 Å². The minimum Gasteiger partial charge on any atom is -0.481 e. The summed E-state index contributed by atoms with van der Waals surface area (Å²) < 4.78 is 6.88. The molecular formula is C36H40N10O3. The number of benzene rings is 1. The minimum atomic E-state index is -0.641. The fraction of sp³-hybridized carbons (Fsp3) is 0.361. The summed E-state index contributed by atoms with van der Waals surface area (Å²) in [6.45, 7) is 7.14. The predicted octanol–water partition coefficient (Wildman–Crippen LogP) is 4.20. The average Bonchev–Trinajstić information content (AvgIpc) is 3.87. The molecular weight excluding hydrogens is 620 g/mol. The largest absolute Gasteiger partial charge is 0.481 e. The van der Waals surface area contributed by atoms with Crippen LogP contribution in [0.4, 0.5) is 5.82 Å². The molecule has 6 heterocycles. The maximum atomic E-state index is 14.1. The molecule has 49 heavy (non-hydrogen) atoms. The van der Waals surface area contributed by atoms with Crippen LogP contribution >= 0.6 is 0 Å². The Hall–Kier alpha value is -5.43. The van der Waals surface area contributed by atoms with Crippen molar-refractivity contribution in [1.29, 1.82) is 0 Å². The van der Waals surface area contributed by atoms with E-state index >= 15 is 0 Å². The van der Waals surface area contributed by atoms with E-state index in [2.05, 4.69) is 48.4 Å². The van der Waals surface area contributed by atoms with Gasteiger partial charge in [-0.1, -0.05) is 30.3 Å². The van der Waals surface area contributed by atoms with E-state index in [9.17, 15) is 9.59 Å². The Balaban J connectivity index is 0.978. The third kappa shape index (κ3) is 6.41. The molecule has 2 amide bonds. The molecule has 5 aromatic rings. The number of nitrogens with one attached hydrogen (secondary N) is 1. The number of pyridine rings is 2. The zero-order valence-corrected chi connectivity index (χ0v) is 28.3. The van der Waals surface area contributed by atoms with E-state index in [1.54, 1.807) is 35.3 Å². The molecule has 0 radical (unpaired) electrons. The van der Waals surface area contributed by atoms with Crippen LogP contribution in [0, 0.1) is 5.41 Å². The Kier molecular flexibility index (Phi) is 8.68. The second-order valence-corrected chi connectivity index (χ2v) is 12.9. The molecule has 2 aliphatic heterocycles. The van der Waals surface area contributed by atoms with Crippen LogP contribution in [-0.4, -0.2) is 103 Å². The first-order valence-electron chi connectivity index (χ1n) is 16.6. The molecule has 1 aromatic carbocycles. The summed E-state index contributed by atoms with van der Waals surface area (Å²) >= 11 is 0. The van der Waals surface area contributed by atoms with Crippen LogP contribution in [0.5, 0.6) is 5.88 Å². The third-order valence-electron chi connectivity index (χ3n) is 9.55. The number of H-pyrrole nitrogens is 1. The third-order valence-corrected chi connectivity index (χ3v) is 9.55. The number of amides is 2. The van der Waals surface area contributed by atoms with Gasteiger partial charge in [0.05, 0.1) is 24.6 Å². The molecule has 0 aliphatic carbocycles. The minimum absolute atomic E-state index is 0.00310. The molecule has 252 valence electrons. The van der Waals surface area contributed by atoms with E-state index in [4.69, 9.17) is 9.72 Å². The van der Waals surface area contributed by atoms with Crippen LogP contribution in [0.25, 0.3) is 39.3 Å². The summed E-state index contributed by atoms with van der Waals surface area (Å²) in [7, 11) is 3.43. The smallest absolute Gasteiger partial charge is 0.237 e. The van der Waals surface area contributed by atoms with E-state index in [0.29, 0.717) is 74.4 Å². The fourth-order valence-electron chi connectivity index (χ4n) is 6.74. The van der Waals surface area contributed by atoms with Crippen molar-refractivity contribution >= 4 is 34.2 Å². The summed E-state index contributed by atoms with van der Waals surface area (Å²) in [6.07, 6.45) is 6.99. The van der Waals surface area contributed by atoms with E-state index in [1.165, 1.54) is 5.57 Å². The van der Waals surface area contributed by atoms with Crippen LogP contribution in [0.1, 0.15) is 32.3 Å². The lowest BCUT2D eigenvalue weighted by Gasteiger charge is -2.31. The Bertz CT molecular complexity index is 2020. The van der Waals surface area contributed by atoms with Crippen molar-refractivity contribution in [3.05, 3.63) is 72.7 Å². The van der Waals surface area contributed by atoms with Gasteiger partial charge in [0.2, 0.25) is 17.7 Å². The van der Waals surface area contributed by atoms with Crippen molar-refractivity contribution in [3.63, 3.8) is 0 Å². The van der Waals surface area contributed by atoms with Gasteiger partial charge >= 0.3 is 0 Å².